The number of ether oxygens (including phenoxy) is 1. The summed E-state index contributed by atoms with van der Waals surface area (Å²) in [5.41, 5.74) is 1.21. The number of halogens is 1. The molecule has 0 amide bonds. The zero-order chi connectivity index (χ0) is 15.1. The van der Waals surface area contributed by atoms with Crippen LogP contribution in [0.4, 0.5) is 0 Å². The van der Waals surface area contributed by atoms with Crippen LogP contribution in [0, 0.1) is 6.92 Å². The Morgan fingerprint density at radius 3 is 2.86 bits per heavy atom. The van der Waals surface area contributed by atoms with Gasteiger partial charge in [-0.3, -0.25) is 0 Å². The third-order valence-electron chi connectivity index (χ3n) is 3.27. The second-order valence-corrected chi connectivity index (χ2v) is 5.95. The van der Waals surface area contributed by atoms with Gasteiger partial charge in [0.15, 0.2) is 0 Å². The van der Waals surface area contributed by atoms with Crippen molar-refractivity contribution in [2.24, 2.45) is 0 Å². The highest BCUT2D eigenvalue weighted by Gasteiger charge is 2.17. The van der Waals surface area contributed by atoms with E-state index in [2.05, 4.69) is 47.2 Å². The molecule has 21 heavy (non-hydrogen) atoms. The fraction of sp³-hybridized carbons (Fsp3) is 0.412. The van der Waals surface area contributed by atoms with E-state index in [-0.39, 0.29) is 6.04 Å². The number of aryl methyl sites for hydroxylation is 1. The van der Waals surface area contributed by atoms with Crippen molar-refractivity contribution >= 4 is 15.9 Å². The quantitative estimate of drug-likeness (QED) is 0.737. The fourth-order valence-corrected chi connectivity index (χ4v) is 2.68. The van der Waals surface area contributed by atoms with Gasteiger partial charge in [-0.25, -0.2) is 0 Å². The molecule has 1 unspecified atom stereocenters. The molecule has 0 radical (unpaired) electrons. The zero-order valence-corrected chi connectivity index (χ0v) is 14.2. The molecule has 1 aromatic heterocycles. The molecule has 114 valence electrons. The lowest BCUT2D eigenvalue weighted by molar-refractivity contribution is 0.273. The summed E-state index contributed by atoms with van der Waals surface area (Å²) in [6.07, 6.45) is 3.66. The number of hydrogen-bond donors (Lipinski definition) is 1. The van der Waals surface area contributed by atoms with Crippen molar-refractivity contribution in [3.8, 4) is 5.75 Å². The van der Waals surface area contributed by atoms with Gasteiger partial charge < -0.3 is 14.5 Å². The summed E-state index contributed by atoms with van der Waals surface area (Å²) >= 11 is 3.53. The van der Waals surface area contributed by atoms with Crippen LogP contribution in [0.1, 0.15) is 37.1 Å². The Labute approximate surface area is 134 Å². The standard InChI is InChI=1S/C17H22BrNO2/c1-3-9-19-16(17-15(18)7-10-21-17)8-11-20-14-6-4-5-13(2)12-14/h4-7,10,12,16,19H,3,8-9,11H2,1-2H3. The van der Waals surface area contributed by atoms with Gasteiger partial charge in [-0.2, -0.15) is 0 Å². The molecule has 0 saturated carbocycles. The number of nitrogens with one attached hydrogen (secondary N) is 1. The fourth-order valence-electron chi connectivity index (χ4n) is 2.20. The van der Waals surface area contributed by atoms with Crippen LogP contribution in [0.25, 0.3) is 0 Å². The third-order valence-corrected chi connectivity index (χ3v) is 3.92. The molecule has 1 aromatic carbocycles. The van der Waals surface area contributed by atoms with Crippen LogP contribution in [-0.4, -0.2) is 13.2 Å². The number of furan rings is 1. The van der Waals surface area contributed by atoms with Gasteiger partial charge >= 0.3 is 0 Å². The van der Waals surface area contributed by atoms with E-state index in [0.29, 0.717) is 6.61 Å². The highest BCUT2D eigenvalue weighted by atomic mass is 79.9. The molecule has 0 bridgehead atoms. The van der Waals surface area contributed by atoms with Gasteiger partial charge in [0.2, 0.25) is 0 Å². The maximum absolute atomic E-state index is 5.84. The normalized spacial score (nSPS) is 12.3. The molecule has 2 aromatic rings. The van der Waals surface area contributed by atoms with E-state index in [1.165, 1.54) is 5.56 Å². The average Bonchev–Trinajstić information content (AvgIpc) is 2.89. The minimum atomic E-state index is 0.166. The summed E-state index contributed by atoms with van der Waals surface area (Å²) in [4.78, 5) is 0. The zero-order valence-electron chi connectivity index (χ0n) is 12.6. The Balaban J connectivity index is 1.91. The van der Waals surface area contributed by atoms with Gasteiger partial charge in [-0.05, 0) is 59.6 Å². The van der Waals surface area contributed by atoms with Crippen molar-refractivity contribution in [3.05, 3.63) is 52.4 Å². The van der Waals surface area contributed by atoms with Crippen molar-refractivity contribution in [1.29, 1.82) is 0 Å². The summed E-state index contributed by atoms with van der Waals surface area (Å²) in [7, 11) is 0. The van der Waals surface area contributed by atoms with Crippen molar-refractivity contribution in [3.63, 3.8) is 0 Å². The summed E-state index contributed by atoms with van der Waals surface area (Å²) in [6, 6.07) is 10.2. The summed E-state index contributed by atoms with van der Waals surface area (Å²) in [6.45, 7) is 5.84. The second kappa shape index (κ2) is 8.25. The first-order valence-corrected chi connectivity index (χ1v) is 8.15. The van der Waals surface area contributed by atoms with Crippen LogP contribution < -0.4 is 10.1 Å². The Kier molecular flexibility index (Phi) is 6.33. The van der Waals surface area contributed by atoms with Crippen LogP contribution in [0.15, 0.2) is 45.5 Å². The SMILES string of the molecule is CCCNC(CCOc1cccc(C)c1)c1occc1Br. The lowest BCUT2D eigenvalue weighted by Crippen LogP contribution is -2.24. The van der Waals surface area contributed by atoms with Gasteiger partial charge in [-0.15, -0.1) is 0 Å². The molecule has 0 aliphatic heterocycles. The first-order valence-electron chi connectivity index (χ1n) is 7.36. The lowest BCUT2D eigenvalue weighted by Gasteiger charge is -2.17. The van der Waals surface area contributed by atoms with Gasteiger partial charge in [0, 0.05) is 6.42 Å². The highest BCUT2D eigenvalue weighted by molar-refractivity contribution is 9.10. The first kappa shape index (κ1) is 16.1. The molecule has 0 fully saturated rings. The van der Waals surface area contributed by atoms with Gasteiger partial charge in [0.1, 0.15) is 11.5 Å². The Hall–Kier alpha value is -1.26. The number of benzene rings is 1. The van der Waals surface area contributed by atoms with Crippen molar-refractivity contribution in [2.45, 2.75) is 32.7 Å². The minimum Gasteiger partial charge on any atom is -0.494 e. The Bertz CT molecular complexity index is 553. The summed E-state index contributed by atoms with van der Waals surface area (Å²) in [5, 5.41) is 3.51. The third kappa shape index (κ3) is 4.90. The van der Waals surface area contributed by atoms with Crippen molar-refractivity contribution < 1.29 is 9.15 Å². The van der Waals surface area contributed by atoms with E-state index in [1.54, 1.807) is 6.26 Å². The molecule has 2 rings (SSSR count). The largest absolute Gasteiger partial charge is 0.494 e. The smallest absolute Gasteiger partial charge is 0.134 e. The number of hydrogen-bond acceptors (Lipinski definition) is 3. The van der Waals surface area contributed by atoms with Crippen LogP contribution in [0.5, 0.6) is 5.75 Å². The lowest BCUT2D eigenvalue weighted by atomic mass is 10.1. The Morgan fingerprint density at radius 2 is 2.19 bits per heavy atom. The van der Waals surface area contributed by atoms with Crippen molar-refractivity contribution in [2.75, 3.05) is 13.2 Å². The number of rotatable bonds is 8. The molecule has 0 spiro atoms. The average molecular weight is 352 g/mol. The minimum absolute atomic E-state index is 0.166. The predicted molar refractivity (Wildman–Crippen MR) is 88.7 cm³/mol. The van der Waals surface area contributed by atoms with Gasteiger partial charge in [0.05, 0.1) is 23.4 Å². The second-order valence-electron chi connectivity index (χ2n) is 5.09. The van der Waals surface area contributed by atoms with E-state index in [0.717, 1.165) is 35.4 Å². The molecule has 1 heterocycles. The van der Waals surface area contributed by atoms with Crippen LogP contribution in [-0.2, 0) is 0 Å². The first-order chi connectivity index (χ1) is 10.2. The van der Waals surface area contributed by atoms with Crippen LogP contribution >= 0.6 is 15.9 Å². The molecular formula is C17H22BrNO2. The van der Waals surface area contributed by atoms with E-state index in [1.807, 2.05) is 18.2 Å². The predicted octanol–water partition coefficient (Wildman–Crippen LogP) is 4.86. The van der Waals surface area contributed by atoms with E-state index >= 15 is 0 Å². The molecule has 0 saturated heterocycles. The Morgan fingerprint density at radius 1 is 1.33 bits per heavy atom. The summed E-state index contributed by atoms with van der Waals surface area (Å²) < 4.78 is 12.4. The van der Waals surface area contributed by atoms with Gasteiger partial charge in [0.25, 0.3) is 0 Å². The molecule has 0 aliphatic carbocycles. The highest BCUT2D eigenvalue weighted by Crippen LogP contribution is 2.27. The molecule has 0 aliphatic rings. The van der Waals surface area contributed by atoms with E-state index < -0.39 is 0 Å². The van der Waals surface area contributed by atoms with E-state index in [9.17, 15) is 0 Å². The maximum Gasteiger partial charge on any atom is 0.134 e. The molecule has 1 N–H and O–H groups in total. The van der Waals surface area contributed by atoms with E-state index in [4.69, 9.17) is 9.15 Å². The van der Waals surface area contributed by atoms with Crippen LogP contribution in [0.3, 0.4) is 0 Å². The topological polar surface area (TPSA) is 34.4 Å². The maximum atomic E-state index is 5.84. The monoisotopic (exact) mass is 351 g/mol. The molecule has 3 nitrogen and oxygen atoms in total. The van der Waals surface area contributed by atoms with Crippen LogP contribution in [0.2, 0.25) is 0 Å². The molecule has 1 atom stereocenters. The van der Waals surface area contributed by atoms with Gasteiger partial charge in [-0.1, -0.05) is 19.1 Å². The van der Waals surface area contributed by atoms with Crippen molar-refractivity contribution in [1.82, 2.24) is 5.32 Å². The summed E-state index contributed by atoms with van der Waals surface area (Å²) in [5.74, 6) is 1.86. The molecule has 4 heteroatoms. The molecular weight excluding hydrogens is 330 g/mol.